The molecule has 0 radical (unpaired) electrons. The summed E-state index contributed by atoms with van der Waals surface area (Å²) in [6.07, 6.45) is 2.26. The number of halogens is 1. The van der Waals surface area contributed by atoms with Crippen molar-refractivity contribution in [3.63, 3.8) is 0 Å². The van der Waals surface area contributed by atoms with Crippen molar-refractivity contribution in [2.45, 2.75) is 19.3 Å². The first-order valence-corrected chi connectivity index (χ1v) is 5.59. The maximum absolute atomic E-state index is 12.7. The van der Waals surface area contributed by atoms with Crippen LogP contribution in [0.1, 0.15) is 25.0 Å². The summed E-state index contributed by atoms with van der Waals surface area (Å²) in [7, 11) is 1.68. The van der Waals surface area contributed by atoms with E-state index in [-0.39, 0.29) is 5.82 Å². The molecule has 4 heteroatoms. The van der Waals surface area contributed by atoms with Crippen LogP contribution in [-0.2, 0) is 4.74 Å². The van der Waals surface area contributed by atoms with Gasteiger partial charge in [0.25, 0.3) is 0 Å². The fourth-order valence-electron chi connectivity index (χ4n) is 1.54. The van der Waals surface area contributed by atoms with Crippen LogP contribution in [0.25, 0.3) is 0 Å². The fourth-order valence-corrected chi connectivity index (χ4v) is 1.54. The molecule has 1 unspecified atom stereocenters. The Morgan fingerprint density at radius 3 is 2.88 bits per heavy atom. The molecule has 0 amide bonds. The van der Waals surface area contributed by atoms with Crippen molar-refractivity contribution in [3.05, 3.63) is 29.8 Å². The van der Waals surface area contributed by atoms with Gasteiger partial charge in [-0.15, -0.1) is 0 Å². The Hall–Kier alpha value is -1.00. The van der Waals surface area contributed by atoms with Crippen LogP contribution in [0.5, 0.6) is 0 Å². The van der Waals surface area contributed by atoms with Crippen molar-refractivity contribution in [1.82, 2.24) is 10.3 Å². The minimum atomic E-state index is -0.286. The Bertz CT molecular complexity index is 290. The Morgan fingerprint density at radius 1 is 1.50 bits per heavy atom. The van der Waals surface area contributed by atoms with Gasteiger partial charge in [0.1, 0.15) is 5.82 Å². The van der Waals surface area contributed by atoms with E-state index in [0.29, 0.717) is 12.5 Å². The van der Waals surface area contributed by atoms with Crippen molar-refractivity contribution in [2.24, 2.45) is 0 Å². The van der Waals surface area contributed by atoms with Crippen molar-refractivity contribution in [2.75, 3.05) is 26.8 Å². The summed E-state index contributed by atoms with van der Waals surface area (Å²) < 4.78 is 17.7. The first-order chi connectivity index (χ1) is 7.77. The zero-order valence-electron chi connectivity index (χ0n) is 9.87. The normalized spacial score (nSPS) is 12.7. The highest BCUT2D eigenvalue weighted by Crippen LogP contribution is 2.16. The van der Waals surface area contributed by atoms with Gasteiger partial charge in [-0.05, 0) is 18.6 Å². The van der Waals surface area contributed by atoms with E-state index in [9.17, 15) is 4.39 Å². The van der Waals surface area contributed by atoms with Crippen molar-refractivity contribution in [1.29, 1.82) is 0 Å². The number of hydrogen-bond donors (Lipinski definition) is 1. The van der Waals surface area contributed by atoms with Gasteiger partial charge < -0.3 is 10.1 Å². The average Bonchev–Trinajstić information content (AvgIpc) is 2.31. The molecule has 0 aliphatic rings. The molecular formula is C12H19FN2O. The number of nitrogens with one attached hydrogen (secondary N) is 1. The molecule has 16 heavy (non-hydrogen) atoms. The number of ether oxygens (including phenoxy) is 1. The molecule has 0 aliphatic carbocycles. The molecule has 0 saturated heterocycles. The van der Waals surface area contributed by atoms with E-state index in [1.165, 1.54) is 12.3 Å². The molecule has 0 fully saturated rings. The van der Waals surface area contributed by atoms with Crippen LogP contribution < -0.4 is 5.32 Å². The third-order valence-electron chi connectivity index (χ3n) is 2.54. The summed E-state index contributed by atoms with van der Waals surface area (Å²) in [5.74, 6) is 0.0448. The summed E-state index contributed by atoms with van der Waals surface area (Å²) in [5.41, 5.74) is 0.939. The lowest BCUT2D eigenvalue weighted by molar-refractivity contribution is 0.199. The quantitative estimate of drug-likeness (QED) is 0.722. The highest BCUT2D eigenvalue weighted by atomic mass is 19.1. The Morgan fingerprint density at radius 2 is 2.31 bits per heavy atom. The predicted molar refractivity (Wildman–Crippen MR) is 62.0 cm³/mol. The second-order valence-corrected chi connectivity index (χ2v) is 3.70. The molecular weight excluding hydrogens is 207 g/mol. The van der Waals surface area contributed by atoms with E-state index < -0.39 is 0 Å². The van der Waals surface area contributed by atoms with Gasteiger partial charge in [-0.3, -0.25) is 4.98 Å². The van der Waals surface area contributed by atoms with E-state index in [1.807, 2.05) is 0 Å². The Kier molecular flexibility index (Phi) is 5.96. The van der Waals surface area contributed by atoms with Gasteiger partial charge in [0, 0.05) is 31.8 Å². The minimum Gasteiger partial charge on any atom is -0.383 e. The van der Waals surface area contributed by atoms with E-state index >= 15 is 0 Å². The third-order valence-corrected chi connectivity index (χ3v) is 2.54. The lowest BCUT2D eigenvalue weighted by Crippen LogP contribution is -2.25. The fraction of sp³-hybridized carbons (Fsp3) is 0.583. The van der Waals surface area contributed by atoms with E-state index in [0.717, 1.165) is 25.2 Å². The van der Waals surface area contributed by atoms with Crippen molar-refractivity contribution >= 4 is 0 Å². The highest BCUT2D eigenvalue weighted by molar-refractivity contribution is 5.10. The van der Waals surface area contributed by atoms with E-state index in [2.05, 4.69) is 17.2 Å². The monoisotopic (exact) mass is 226 g/mol. The lowest BCUT2D eigenvalue weighted by Gasteiger charge is -2.14. The van der Waals surface area contributed by atoms with Crippen molar-refractivity contribution in [3.8, 4) is 0 Å². The smallest absolute Gasteiger partial charge is 0.141 e. The van der Waals surface area contributed by atoms with Gasteiger partial charge in [0.15, 0.2) is 0 Å². The van der Waals surface area contributed by atoms with Gasteiger partial charge in [-0.1, -0.05) is 6.92 Å². The maximum Gasteiger partial charge on any atom is 0.141 e. The van der Waals surface area contributed by atoms with Crippen LogP contribution in [0.4, 0.5) is 4.39 Å². The zero-order valence-corrected chi connectivity index (χ0v) is 9.87. The number of nitrogens with zero attached hydrogens (tertiary/aromatic N) is 1. The predicted octanol–water partition coefficient (Wildman–Crippen LogP) is 1.95. The van der Waals surface area contributed by atoms with E-state index in [1.54, 1.807) is 13.2 Å². The third kappa shape index (κ3) is 4.24. The number of hydrogen-bond acceptors (Lipinski definition) is 3. The summed E-state index contributed by atoms with van der Waals surface area (Å²) in [5, 5.41) is 3.29. The number of methoxy groups -OCH3 is 1. The summed E-state index contributed by atoms with van der Waals surface area (Å²) in [6.45, 7) is 4.48. The van der Waals surface area contributed by atoms with Crippen LogP contribution in [0.2, 0.25) is 0 Å². The topological polar surface area (TPSA) is 34.1 Å². The molecule has 1 N–H and O–H groups in total. The summed E-state index contributed by atoms with van der Waals surface area (Å²) in [6, 6.07) is 3.21. The molecule has 0 aliphatic heterocycles. The molecule has 0 spiro atoms. The van der Waals surface area contributed by atoms with Crippen molar-refractivity contribution < 1.29 is 9.13 Å². The molecule has 1 atom stereocenters. The summed E-state index contributed by atoms with van der Waals surface area (Å²) >= 11 is 0. The molecule has 0 aromatic carbocycles. The molecule has 1 rings (SSSR count). The number of rotatable bonds is 7. The van der Waals surface area contributed by atoms with Gasteiger partial charge in [-0.25, -0.2) is 4.39 Å². The van der Waals surface area contributed by atoms with Crippen LogP contribution in [-0.4, -0.2) is 31.8 Å². The largest absolute Gasteiger partial charge is 0.383 e. The molecule has 1 heterocycles. The first-order valence-electron chi connectivity index (χ1n) is 5.59. The molecule has 1 aromatic rings. The van der Waals surface area contributed by atoms with Crippen LogP contribution in [0.15, 0.2) is 18.3 Å². The number of pyridine rings is 1. The zero-order chi connectivity index (χ0) is 11.8. The molecule has 3 nitrogen and oxygen atoms in total. The van der Waals surface area contributed by atoms with Gasteiger partial charge in [0.2, 0.25) is 0 Å². The molecule has 90 valence electrons. The second-order valence-electron chi connectivity index (χ2n) is 3.70. The van der Waals surface area contributed by atoms with Crippen LogP contribution >= 0.6 is 0 Å². The Balaban J connectivity index is 2.44. The average molecular weight is 226 g/mol. The highest BCUT2D eigenvalue weighted by Gasteiger charge is 2.10. The molecule has 0 saturated carbocycles. The standard InChI is InChI=1S/C12H19FN2O/c1-3-10(8-14-6-7-16-2)12-5-4-11(13)9-15-12/h4-5,9-10,14H,3,6-8H2,1-2H3. The van der Waals surface area contributed by atoms with Gasteiger partial charge in [-0.2, -0.15) is 0 Å². The van der Waals surface area contributed by atoms with Crippen LogP contribution in [0.3, 0.4) is 0 Å². The molecule has 0 bridgehead atoms. The minimum absolute atomic E-state index is 0.286. The van der Waals surface area contributed by atoms with Gasteiger partial charge >= 0.3 is 0 Å². The first kappa shape index (κ1) is 13.1. The Labute approximate surface area is 96.0 Å². The maximum atomic E-state index is 12.7. The van der Waals surface area contributed by atoms with Crippen LogP contribution in [0, 0.1) is 5.82 Å². The van der Waals surface area contributed by atoms with E-state index in [4.69, 9.17) is 4.74 Å². The lowest BCUT2D eigenvalue weighted by atomic mass is 10.0. The summed E-state index contributed by atoms with van der Waals surface area (Å²) in [4.78, 5) is 4.10. The SMILES string of the molecule is CCC(CNCCOC)c1ccc(F)cn1. The number of aromatic nitrogens is 1. The second kappa shape index (κ2) is 7.30. The molecule has 1 aromatic heterocycles. The van der Waals surface area contributed by atoms with Gasteiger partial charge in [0.05, 0.1) is 12.8 Å².